The van der Waals surface area contributed by atoms with E-state index in [1.165, 1.54) is 19.3 Å². The molecule has 1 unspecified atom stereocenters. The Bertz CT molecular complexity index is 625. The van der Waals surface area contributed by atoms with Crippen molar-refractivity contribution in [2.45, 2.75) is 31.7 Å². The quantitative estimate of drug-likeness (QED) is 0.938. The topological polar surface area (TPSA) is 51.5 Å². The molecule has 1 atom stereocenters. The molecule has 0 spiro atoms. The van der Waals surface area contributed by atoms with Crippen LogP contribution >= 0.6 is 11.3 Å². The summed E-state index contributed by atoms with van der Waals surface area (Å²) in [7, 11) is 1.67. The molecule has 1 saturated heterocycles. The highest BCUT2D eigenvalue weighted by Gasteiger charge is 2.17. The van der Waals surface area contributed by atoms with Gasteiger partial charge in [0.15, 0.2) is 0 Å². The van der Waals surface area contributed by atoms with Crippen molar-refractivity contribution in [2.24, 2.45) is 0 Å². The summed E-state index contributed by atoms with van der Waals surface area (Å²) in [6.45, 7) is 1.09. The van der Waals surface area contributed by atoms with E-state index in [9.17, 15) is 4.79 Å². The Morgan fingerprint density at radius 2 is 2.37 bits per heavy atom. The fourth-order valence-electron chi connectivity index (χ4n) is 2.66. The van der Waals surface area contributed by atoms with Gasteiger partial charge in [0.25, 0.3) is 0 Å². The summed E-state index contributed by atoms with van der Waals surface area (Å²) < 4.78 is 11.5. The first-order valence-electron chi connectivity index (χ1n) is 6.60. The maximum absolute atomic E-state index is 11.3. The first kappa shape index (κ1) is 12.7. The van der Waals surface area contributed by atoms with Gasteiger partial charge >= 0.3 is 4.94 Å². The molecule has 2 heterocycles. The fraction of sp³-hybridized carbons (Fsp3) is 0.500. The van der Waals surface area contributed by atoms with Crippen molar-refractivity contribution < 1.29 is 9.15 Å². The molecule has 0 aliphatic carbocycles. The Hall–Kier alpha value is -1.33. The van der Waals surface area contributed by atoms with Gasteiger partial charge < -0.3 is 14.5 Å². The third-order valence-electron chi connectivity index (χ3n) is 3.61. The van der Waals surface area contributed by atoms with Crippen molar-refractivity contribution in [3.63, 3.8) is 0 Å². The van der Waals surface area contributed by atoms with Crippen LogP contribution in [0.3, 0.4) is 0 Å². The van der Waals surface area contributed by atoms with Crippen LogP contribution in [-0.2, 0) is 6.42 Å². The highest BCUT2D eigenvalue weighted by molar-refractivity contribution is 7.16. The van der Waals surface area contributed by atoms with E-state index in [4.69, 9.17) is 9.15 Å². The molecule has 0 amide bonds. The number of rotatable bonds is 3. The lowest BCUT2D eigenvalue weighted by atomic mass is 9.97. The van der Waals surface area contributed by atoms with E-state index in [1.807, 2.05) is 12.1 Å². The minimum Gasteiger partial charge on any atom is -0.496 e. The van der Waals surface area contributed by atoms with Gasteiger partial charge in [0.2, 0.25) is 0 Å². The van der Waals surface area contributed by atoms with E-state index in [-0.39, 0.29) is 4.94 Å². The maximum atomic E-state index is 11.3. The van der Waals surface area contributed by atoms with E-state index in [1.54, 1.807) is 7.11 Å². The van der Waals surface area contributed by atoms with E-state index in [0.717, 1.165) is 40.3 Å². The minimum absolute atomic E-state index is 0.259. The van der Waals surface area contributed by atoms with Crippen LogP contribution in [0.5, 0.6) is 5.75 Å². The van der Waals surface area contributed by atoms with Crippen LogP contribution < -0.4 is 15.0 Å². The normalized spacial score (nSPS) is 19.7. The molecule has 1 aliphatic heterocycles. The van der Waals surface area contributed by atoms with Crippen LogP contribution in [0.15, 0.2) is 21.3 Å². The number of piperidine rings is 1. The van der Waals surface area contributed by atoms with Crippen molar-refractivity contribution >= 4 is 21.6 Å². The van der Waals surface area contributed by atoms with Gasteiger partial charge in [-0.3, -0.25) is 0 Å². The van der Waals surface area contributed by atoms with Gasteiger partial charge in [-0.25, -0.2) is 4.79 Å². The second-order valence-corrected chi connectivity index (χ2v) is 5.89. The molecule has 1 aromatic carbocycles. The first-order chi connectivity index (χ1) is 9.26. The molecule has 1 N–H and O–H groups in total. The zero-order valence-electron chi connectivity index (χ0n) is 10.9. The highest BCUT2D eigenvalue weighted by Crippen LogP contribution is 2.29. The lowest BCUT2D eigenvalue weighted by molar-refractivity contribution is 0.382. The van der Waals surface area contributed by atoms with Crippen LogP contribution in [0.4, 0.5) is 0 Å². The number of methoxy groups -OCH3 is 1. The molecule has 5 heteroatoms. The van der Waals surface area contributed by atoms with Gasteiger partial charge in [0.05, 0.1) is 11.8 Å². The zero-order valence-corrected chi connectivity index (χ0v) is 11.7. The van der Waals surface area contributed by atoms with Crippen molar-refractivity contribution in [1.29, 1.82) is 0 Å². The summed E-state index contributed by atoms with van der Waals surface area (Å²) in [5, 5.41) is 3.53. The van der Waals surface area contributed by atoms with E-state index >= 15 is 0 Å². The molecule has 0 bridgehead atoms. The monoisotopic (exact) mass is 279 g/mol. The summed E-state index contributed by atoms with van der Waals surface area (Å²) in [6, 6.07) is 4.34. The molecule has 2 aromatic rings. The number of nitrogens with one attached hydrogen (secondary N) is 1. The number of ether oxygens (including phenoxy) is 1. The molecule has 1 fully saturated rings. The van der Waals surface area contributed by atoms with Crippen LogP contribution in [0.1, 0.15) is 24.8 Å². The molecule has 0 saturated carbocycles. The van der Waals surface area contributed by atoms with Crippen LogP contribution in [0.2, 0.25) is 0 Å². The summed E-state index contributed by atoms with van der Waals surface area (Å²) in [5.74, 6) is 0.844. The average molecular weight is 279 g/mol. The first-order valence-corrected chi connectivity index (χ1v) is 7.42. The third-order valence-corrected chi connectivity index (χ3v) is 4.40. The molecular formula is C14H17NO3S. The van der Waals surface area contributed by atoms with Crippen molar-refractivity contribution in [3.8, 4) is 5.75 Å². The summed E-state index contributed by atoms with van der Waals surface area (Å²) in [4.78, 5) is 11.0. The van der Waals surface area contributed by atoms with Gasteiger partial charge in [-0.05, 0) is 37.4 Å². The molecule has 3 rings (SSSR count). The van der Waals surface area contributed by atoms with Gasteiger partial charge in [-0.2, -0.15) is 0 Å². The Morgan fingerprint density at radius 3 is 3.11 bits per heavy atom. The summed E-state index contributed by atoms with van der Waals surface area (Å²) >= 11 is 1.12. The lowest BCUT2D eigenvalue weighted by Crippen LogP contribution is -2.35. The third kappa shape index (κ3) is 2.67. The van der Waals surface area contributed by atoms with Crippen molar-refractivity contribution in [3.05, 3.63) is 27.4 Å². The lowest BCUT2D eigenvalue weighted by Gasteiger charge is -2.24. The molecular weight excluding hydrogens is 262 g/mol. The van der Waals surface area contributed by atoms with Gasteiger partial charge in [0.1, 0.15) is 11.3 Å². The Labute approximate surface area is 115 Å². The number of benzene rings is 1. The van der Waals surface area contributed by atoms with E-state index in [0.29, 0.717) is 11.6 Å². The number of hydrogen-bond donors (Lipinski definition) is 1. The predicted molar refractivity (Wildman–Crippen MR) is 76.3 cm³/mol. The Balaban J connectivity index is 1.93. The van der Waals surface area contributed by atoms with Crippen molar-refractivity contribution in [1.82, 2.24) is 5.32 Å². The average Bonchev–Trinajstić information content (AvgIpc) is 2.78. The number of fused-ring (bicyclic) bond motifs is 1. The van der Waals surface area contributed by atoms with Crippen LogP contribution in [-0.4, -0.2) is 19.7 Å². The maximum Gasteiger partial charge on any atom is 0.396 e. The second kappa shape index (κ2) is 5.35. The van der Waals surface area contributed by atoms with E-state index < -0.39 is 0 Å². The smallest absolute Gasteiger partial charge is 0.396 e. The largest absolute Gasteiger partial charge is 0.496 e. The fourth-order valence-corrected chi connectivity index (χ4v) is 3.33. The Kier molecular flexibility index (Phi) is 3.57. The SMILES string of the molecule is COc1cc2sc(=O)oc2cc1CC1CCCCN1. The summed E-state index contributed by atoms with van der Waals surface area (Å²) in [5.41, 5.74) is 1.78. The van der Waals surface area contributed by atoms with Gasteiger partial charge in [-0.15, -0.1) is 0 Å². The Morgan fingerprint density at radius 1 is 1.47 bits per heavy atom. The molecule has 1 aliphatic rings. The van der Waals surface area contributed by atoms with Crippen LogP contribution in [0, 0.1) is 0 Å². The second-order valence-electron chi connectivity index (χ2n) is 4.92. The number of hydrogen-bond acceptors (Lipinski definition) is 5. The molecule has 0 radical (unpaired) electrons. The van der Waals surface area contributed by atoms with Crippen molar-refractivity contribution in [2.75, 3.05) is 13.7 Å². The minimum atomic E-state index is -0.259. The molecule has 102 valence electrons. The van der Waals surface area contributed by atoms with E-state index in [2.05, 4.69) is 5.32 Å². The van der Waals surface area contributed by atoms with Crippen LogP contribution in [0.25, 0.3) is 10.3 Å². The standard InChI is InChI=1S/C14H17NO3S/c1-17-11-8-13-12(18-14(16)19-13)7-9(11)6-10-4-2-3-5-15-10/h7-8,10,15H,2-6H2,1H3. The molecule has 19 heavy (non-hydrogen) atoms. The van der Waals surface area contributed by atoms with Gasteiger partial charge in [-0.1, -0.05) is 17.8 Å². The summed E-state index contributed by atoms with van der Waals surface area (Å²) in [6.07, 6.45) is 4.63. The zero-order chi connectivity index (χ0) is 13.2. The predicted octanol–water partition coefficient (Wildman–Crippen LogP) is 2.55. The molecule has 1 aromatic heterocycles. The highest BCUT2D eigenvalue weighted by atomic mass is 32.1. The molecule has 4 nitrogen and oxygen atoms in total. The van der Waals surface area contributed by atoms with Gasteiger partial charge in [0, 0.05) is 12.1 Å².